The average Bonchev–Trinajstić information content (AvgIpc) is 2.96. The van der Waals surface area contributed by atoms with Crippen molar-refractivity contribution in [2.75, 3.05) is 7.11 Å². The predicted molar refractivity (Wildman–Crippen MR) is 101 cm³/mol. The van der Waals surface area contributed by atoms with Crippen molar-refractivity contribution in [2.24, 2.45) is 0 Å². The summed E-state index contributed by atoms with van der Waals surface area (Å²) < 4.78 is 25.7. The number of aliphatic hydroxyl groups excluding tert-OH is 3. The fourth-order valence-electron chi connectivity index (χ4n) is 3.70. The average molecular weight is 434 g/mol. The van der Waals surface area contributed by atoms with Gasteiger partial charge in [0.25, 0.3) is 0 Å². The number of methoxy groups -OCH3 is 1. The van der Waals surface area contributed by atoms with Crippen molar-refractivity contribution in [3.8, 4) is 23.0 Å². The Morgan fingerprint density at radius 1 is 0.903 bits per heavy atom. The van der Waals surface area contributed by atoms with Crippen LogP contribution >= 0.6 is 0 Å². The van der Waals surface area contributed by atoms with Crippen LogP contribution in [0, 0.1) is 0 Å². The highest BCUT2D eigenvalue weighted by molar-refractivity contribution is 6.22. The molecule has 12 heteroatoms. The summed E-state index contributed by atoms with van der Waals surface area (Å²) in [6.07, 6.45) is -6.67. The number of aromatic hydroxyl groups is 2. The number of hydrogen-bond donors (Lipinski definition) is 5. The van der Waals surface area contributed by atoms with E-state index in [2.05, 4.69) is 0 Å². The zero-order chi connectivity index (χ0) is 22.2. The second-order valence-electron chi connectivity index (χ2n) is 6.93. The topological polar surface area (TPSA) is 189 Å². The highest BCUT2D eigenvalue weighted by Crippen LogP contribution is 2.45. The second kappa shape index (κ2) is 6.46. The Bertz CT molecular complexity index is 1450. The summed E-state index contributed by atoms with van der Waals surface area (Å²) in [6.45, 7) is 0. The minimum atomic E-state index is -1.74. The molecule has 0 aliphatic carbocycles. The van der Waals surface area contributed by atoms with Gasteiger partial charge in [-0.3, -0.25) is 0 Å². The summed E-state index contributed by atoms with van der Waals surface area (Å²) in [5.41, 5.74) is -2.54. The Morgan fingerprint density at radius 2 is 1.52 bits per heavy atom. The molecule has 0 bridgehead atoms. The summed E-state index contributed by atoms with van der Waals surface area (Å²) in [6, 6.07) is 2.15. The van der Waals surface area contributed by atoms with Gasteiger partial charge in [-0.1, -0.05) is 0 Å². The molecule has 1 fully saturated rings. The van der Waals surface area contributed by atoms with Gasteiger partial charge in [-0.15, -0.1) is 0 Å². The molecule has 0 radical (unpaired) electrons. The van der Waals surface area contributed by atoms with Crippen LogP contribution in [0.1, 0.15) is 0 Å². The molecule has 0 unspecified atom stereocenters. The number of aliphatic hydroxyl groups is 3. The van der Waals surface area contributed by atoms with Crippen molar-refractivity contribution < 1.29 is 48.6 Å². The van der Waals surface area contributed by atoms with E-state index in [1.54, 1.807) is 0 Å². The van der Waals surface area contributed by atoms with Gasteiger partial charge in [-0.25, -0.2) is 9.59 Å². The van der Waals surface area contributed by atoms with Crippen LogP contribution in [-0.2, 0) is 4.74 Å². The molecule has 1 aliphatic heterocycles. The summed E-state index contributed by atoms with van der Waals surface area (Å²) in [4.78, 5) is 25.2. The fourth-order valence-corrected chi connectivity index (χ4v) is 3.70. The molecule has 0 spiro atoms. The Kier molecular flexibility index (Phi) is 4.04. The van der Waals surface area contributed by atoms with Crippen LogP contribution in [0.2, 0.25) is 0 Å². The lowest BCUT2D eigenvalue weighted by atomic mass is 10.0. The van der Waals surface area contributed by atoms with E-state index < -0.39 is 58.9 Å². The molecule has 0 amide bonds. The minimum Gasteiger partial charge on any atom is -0.504 e. The molecule has 1 aliphatic rings. The van der Waals surface area contributed by atoms with E-state index >= 15 is 0 Å². The van der Waals surface area contributed by atoms with Crippen LogP contribution in [0.5, 0.6) is 23.0 Å². The van der Waals surface area contributed by atoms with Crippen molar-refractivity contribution in [3.63, 3.8) is 0 Å². The molecular formula is C19H14O12. The second-order valence-corrected chi connectivity index (χ2v) is 6.93. The maximum atomic E-state index is 12.7. The summed E-state index contributed by atoms with van der Waals surface area (Å²) in [7, 11) is 1.23. The SMILES string of the molecule is COc1c(O)cc2c(=O)oc3c(O)c(O[C@@H]4O[C@H](O)[C@H](O)[C@H]4O)cc4c(=O)oc1c2c34. The van der Waals surface area contributed by atoms with Crippen molar-refractivity contribution in [3.05, 3.63) is 33.0 Å². The molecule has 4 atom stereocenters. The summed E-state index contributed by atoms with van der Waals surface area (Å²) >= 11 is 0. The van der Waals surface area contributed by atoms with E-state index in [0.717, 1.165) is 12.1 Å². The quantitative estimate of drug-likeness (QED) is 0.209. The fraction of sp³-hybridized carbons (Fsp3) is 0.263. The molecule has 3 heterocycles. The van der Waals surface area contributed by atoms with Gasteiger partial charge >= 0.3 is 11.3 Å². The number of phenolic OH excluding ortho intramolecular Hbond substituents is 2. The van der Waals surface area contributed by atoms with Crippen molar-refractivity contribution in [1.82, 2.24) is 0 Å². The van der Waals surface area contributed by atoms with Gasteiger partial charge < -0.3 is 48.6 Å². The molecule has 12 nitrogen and oxygen atoms in total. The largest absolute Gasteiger partial charge is 0.504 e. The Labute approximate surface area is 170 Å². The highest BCUT2D eigenvalue weighted by atomic mass is 16.8. The number of rotatable bonds is 3. The third-order valence-electron chi connectivity index (χ3n) is 5.16. The molecule has 162 valence electrons. The lowest BCUT2D eigenvalue weighted by Crippen LogP contribution is -2.34. The summed E-state index contributed by atoms with van der Waals surface area (Å²) in [5, 5.41) is 49.6. The van der Waals surface area contributed by atoms with Crippen LogP contribution in [0.25, 0.3) is 32.7 Å². The molecule has 2 aromatic carbocycles. The molecule has 1 saturated heterocycles. The van der Waals surface area contributed by atoms with Crippen molar-refractivity contribution >= 4 is 32.7 Å². The highest BCUT2D eigenvalue weighted by Gasteiger charge is 2.44. The van der Waals surface area contributed by atoms with Gasteiger partial charge in [0.05, 0.1) is 17.9 Å². The Hall–Kier alpha value is -3.58. The zero-order valence-corrected chi connectivity index (χ0v) is 15.6. The zero-order valence-electron chi connectivity index (χ0n) is 15.6. The van der Waals surface area contributed by atoms with E-state index in [0.29, 0.717) is 0 Å². The third-order valence-corrected chi connectivity index (χ3v) is 5.16. The molecule has 4 aromatic rings. The summed E-state index contributed by atoms with van der Waals surface area (Å²) in [5.74, 6) is -1.80. The van der Waals surface area contributed by atoms with Crippen LogP contribution < -0.4 is 20.7 Å². The lowest BCUT2D eigenvalue weighted by molar-refractivity contribution is -0.171. The van der Waals surface area contributed by atoms with Crippen LogP contribution in [-0.4, -0.2) is 57.4 Å². The number of phenols is 2. The van der Waals surface area contributed by atoms with E-state index in [1.165, 1.54) is 7.11 Å². The predicted octanol–water partition coefficient (Wildman–Crippen LogP) is -0.315. The van der Waals surface area contributed by atoms with Crippen molar-refractivity contribution in [1.29, 1.82) is 0 Å². The maximum absolute atomic E-state index is 12.7. The maximum Gasteiger partial charge on any atom is 0.344 e. The van der Waals surface area contributed by atoms with Crippen LogP contribution in [0.3, 0.4) is 0 Å². The van der Waals surface area contributed by atoms with Crippen LogP contribution in [0.15, 0.2) is 30.6 Å². The molecule has 0 saturated carbocycles. The first-order valence-corrected chi connectivity index (χ1v) is 8.87. The van der Waals surface area contributed by atoms with Gasteiger partial charge in [-0.2, -0.15) is 0 Å². The third kappa shape index (κ3) is 2.56. The molecule has 2 aromatic heterocycles. The van der Waals surface area contributed by atoms with E-state index in [4.69, 9.17) is 23.0 Å². The first-order chi connectivity index (χ1) is 14.7. The Morgan fingerprint density at radius 3 is 2.13 bits per heavy atom. The van der Waals surface area contributed by atoms with Gasteiger partial charge in [-0.05, 0) is 12.1 Å². The lowest BCUT2D eigenvalue weighted by Gasteiger charge is -2.18. The normalized spacial score (nSPS) is 23.9. The molecule has 5 rings (SSSR count). The minimum absolute atomic E-state index is 0.0111. The standard InChI is InChI=1S/C19H14O12/c1-27-13-6(20)2-4-9-8-5(17(25)30-15(9)13)3-7(10(21)14(8)29-16(4)24)28-19-12(23)11(22)18(26)31-19/h2-3,11-12,18-23,26H,1H3/t11-,12-,18+,19-/m1/s1. The molecular weight excluding hydrogens is 420 g/mol. The first-order valence-electron chi connectivity index (χ1n) is 8.87. The van der Waals surface area contributed by atoms with Crippen LogP contribution in [0.4, 0.5) is 0 Å². The van der Waals surface area contributed by atoms with Crippen molar-refractivity contribution in [2.45, 2.75) is 24.8 Å². The Balaban J connectivity index is 1.83. The van der Waals surface area contributed by atoms with E-state index in [1.807, 2.05) is 0 Å². The van der Waals surface area contributed by atoms with E-state index in [9.17, 15) is 35.1 Å². The van der Waals surface area contributed by atoms with E-state index in [-0.39, 0.29) is 32.9 Å². The number of ether oxygens (including phenoxy) is 3. The first kappa shape index (κ1) is 19.4. The van der Waals surface area contributed by atoms with Gasteiger partial charge in [0, 0.05) is 10.8 Å². The monoisotopic (exact) mass is 434 g/mol. The molecule has 31 heavy (non-hydrogen) atoms. The molecule has 5 N–H and O–H groups in total. The number of hydrogen-bond acceptors (Lipinski definition) is 12. The van der Waals surface area contributed by atoms with Gasteiger partial charge in [0.1, 0.15) is 12.2 Å². The smallest absolute Gasteiger partial charge is 0.344 e. The number of benzene rings is 2. The van der Waals surface area contributed by atoms with Gasteiger partial charge in [0.15, 0.2) is 29.0 Å². The van der Waals surface area contributed by atoms with Gasteiger partial charge in [0.2, 0.25) is 17.8 Å².